The number of carbonyl (C=O) groups excluding carboxylic acids is 10. The van der Waals surface area contributed by atoms with Crippen LogP contribution in [0, 0.1) is 29.6 Å². The predicted molar refractivity (Wildman–Crippen MR) is 560 cm³/mol. The van der Waals surface area contributed by atoms with Crippen molar-refractivity contribution in [2.24, 2.45) is 29.6 Å². The molecule has 5 unspecified atom stereocenters. The molecule has 0 spiro atoms. The van der Waals surface area contributed by atoms with E-state index in [9.17, 15) is 73.5 Å². The number of hydrogen-bond donors (Lipinski definition) is 10. The monoisotopic (exact) mass is 1980 g/mol. The molecule has 0 fully saturated rings. The average Bonchev–Trinajstić information content (AvgIpc) is 0.900. The minimum Gasteiger partial charge on any atom is -0.465 e. The summed E-state index contributed by atoms with van der Waals surface area (Å²) >= 11 is 0. The lowest BCUT2D eigenvalue weighted by Gasteiger charge is -2.30. The molecular formula is C111H212N8O20. The van der Waals surface area contributed by atoms with Crippen LogP contribution in [-0.2, 0) is 71.6 Å². The van der Waals surface area contributed by atoms with Gasteiger partial charge in [0, 0.05) is 65.4 Å². The van der Waals surface area contributed by atoms with Gasteiger partial charge in [0.25, 0.3) is 0 Å². The van der Waals surface area contributed by atoms with Gasteiger partial charge in [-0.1, -0.05) is 326 Å². The molecule has 0 aromatic carbocycles. The zero-order chi connectivity index (χ0) is 103. The van der Waals surface area contributed by atoms with Gasteiger partial charge >= 0.3 is 29.8 Å². The third-order valence-corrected chi connectivity index (χ3v) is 26.9. The summed E-state index contributed by atoms with van der Waals surface area (Å²) in [6.45, 7) is 22.4. The summed E-state index contributed by atoms with van der Waals surface area (Å²) in [6.07, 6.45) is 47.5. The highest BCUT2D eigenvalue weighted by molar-refractivity contribution is 5.83. The van der Waals surface area contributed by atoms with E-state index < -0.39 is 60.1 Å². The normalized spacial score (nSPS) is 12.8. The van der Waals surface area contributed by atoms with Crippen LogP contribution in [0.25, 0.3) is 0 Å². The van der Waals surface area contributed by atoms with Gasteiger partial charge in [-0.15, -0.1) is 0 Å². The number of esters is 5. The van der Waals surface area contributed by atoms with Crippen LogP contribution in [0.15, 0.2) is 0 Å². The third kappa shape index (κ3) is 76.6. The first-order valence-electron chi connectivity index (χ1n) is 57.2. The summed E-state index contributed by atoms with van der Waals surface area (Å²) in [5, 5.41) is 72.6. The van der Waals surface area contributed by atoms with E-state index in [1.807, 2.05) is 4.90 Å². The number of hydrogen-bond acceptors (Lipinski definition) is 23. The molecule has 0 saturated heterocycles. The Morgan fingerprint density at radius 1 is 0.187 bits per heavy atom. The van der Waals surface area contributed by atoms with Gasteiger partial charge in [-0.25, -0.2) is 0 Å². The van der Waals surface area contributed by atoms with E-state index >= 15 is 0 Å². The van der Waals surface area contributed by atoms with Crippen molar-refractivity contribution >= 4 is 59.4 Å². The fourth-order valence-electron chi connectivity index (χ4n) is 17.8. The standard InChI is InChI=1S/C111H212N8O20/c1-11-21-31-41-63-92(64-42-32-22-12-2)107(130)135-82-56-51-73-112-102(125)97(120)87-117(78-61-80-118(88-98(121)103(126)113-74-52-57-83-136-108(131)93(65-43-33-23-13-3)66-44-34-24-14-4)89-99(122)104(127)114-75-53-58-84-137-109(132)94(67-45-35-25-15-5)68-46-36-26-16-6)79-62-81-119(90-100(123)105(128)115-76-54-59-85-138-110(133)95(69-47-37-27-17-7)70-48-38-28-18-8)91-101(124)106(129)116-77-55-60-86-139-111(134)96(71-49-39-29-19-9)72-50-40-30-20-10/h92-101,120-124H,11-91H2,1-10H3,(H,112,125)(H,113,126)(H,114,127)(H,115,128)(H,116,129). The van der Waals surface area contributed by atoms with Gasteiger partial charge in [-0.3, -0.25) is 57.7 Å². The smallest absolute Gasteiger partial charge is 0.308 e. The predicted octanol–water partition coefficient (Wildman–Crippen LogP) is 19.5. The maximum atomic E-state index is 14.0. The van der Waals surface area contributed by atoms with E-state index in [1.54, 1.807) is 9.80 Å². The molecule has 5 amide bonds. The minimum atomic E-state index is -1.63. The van der Waals surface area contributed by atoms with Gasteiger partial charge in [0.1, 0.15) is 30.5 Å². The molecule has 28 nitrogen and oxygen atoms in total. The van der Waals surface area contributed by atoms with Crippen molar-refractivity contribution in [3.63, 3.8) is 0 Å². The number of aliphatic hydroxyl groups is 5. The topological polar surface area (TPSA) is 388 Å². The largest absolute Gasteiger partial charge is 0.465 e. The summed E-state index contributed by atoms with van der Waals surface area (Å²) in [6, 6.07) is 0. The molecule has 0 aromatic rings. The highest BCUT2D eigenvalue weighted by Crippen LogP contribution is 2.27. The first-order valence-corrected chi connectivity index (χ1v) is 57.2. The Bertz CT molecular complexity index is 2600. The van der Waals surface area contributed by atoms with Crippen molar-refractivity contribution < 1.29 is 97.2 Å². The Morgan fingerprint density at radius 3 is 0.482 bits per heavy atom. The Morgan fingerprint density at radius 2 is 0.331 bits per heavy atom. The van der Waals surface area contributed by atoms with Crippen LogP contribution in [0.5, 0.6) is 0 Å². The summed E-state index contributed by atoms with van der Waals surface area (Å²) in [4.78, 5) is 141. The SMILES string of the molecule is CCCCCCC(CCCCCC)C(=O)OCCCCNC(=O)C(O)CN(CCCN(CC(O)C(=O)NCCCCOC(=O)C(CCCCCC)CCCCCC)CC(O)C(=O)NCCCCOC(=O)C(CCCCCC)CCCCCC)CCCN(CC(O)C(=O)NCCCCOC(=O)C(CCCCCC)CCCCCC)CC(O)C(=O)NCCCCOC(=O)C(CCCCCC)CCCCCC. The van der Waals surface area contributed by atoms with Gasteiger partial charge in [0.2, 0.25) is 29.5 Å². The van der Waals surface area contributed by atoms with E-state index in [4.69, 9.17) is 23.7 Å². The Balaban J connectivity index is 7.34. The quantitative estimate of drug-likeness (QED) is 0.0154. The van der Waals surface area contributed by atoms with E-state index in [2.05, 4.69) is 95.8 Å². The molecule has 816 valence electrons. The first kappa shape index (κ1) is 133. The molecule has 0 aliphatic carbocycles. The lowest BCUT2D eigenvalue weighted by molar-refractivity contribution is -0.150. The molecule has 0 aromatic heterocycles. The maximum Gasteiger partial charge on any atom is 0.308 e. The van der Waals surface area contributed by atoms with Crippen molar-refractivity contribution in [2.45, 2.75) is 498 Å². The second-order valence-electron chi connectivity index (χ2n) is 39.9. The fraction of sp³-hybridized carbons (Fsp3) is 0.910. The van der Waals surface area contributed by atoms with Gasteiger partial charge < -0.3 is 80.7 Å². The average molecular weight is 1980 g/mol. The van der Waals surface area contributed by atoms with Crippen LogP contribution in [0.3, 0.4) is 0 Å². The molecule has 0 aliphatic rings. The molecule has 139 heavy (non-hydrogen) atoms. The van der Waals surface area contributed by atoms with Crippen LogP contribution in [-0.4, -0.2) is 255 Å². The molecule has 0 aliphatic heterocycles. The Labute approximate surface area is 845 Å². The number of nitrogens with zero attached hydrogens (tertiary/aromatic N) is 3. The van der Waals surface area contributed by atoms with Crippen molar-refractivity contribution in [3.05, 3.63) is 0 Å². The van der Waals surface area contributed by atoms with Crippen LogP contribution < -0.4 is 26.6 Å². The molecule has 28 heteroatoms. The zero-order valence-corrected chi connectivity index (χ0v) is 90.3. The summed E-state index contributed by atoms with van der Waals surface area (Å²) in [7, 11) is 0. The number of aliphatic hydroxyl groups excluding tert-OH is 5. The zero-order valence-electron chi connectivity index (χ0n) is 90.3. The molecule has 0 rings (SSSR count). The van der Waals surface area contributed by atoms with Crippen molar-refractivity contribution in [1.82, 2.24) is 41.3 Å². The molecule has 0 saturated carbocycles. The van der Waals surface area contributed by atoms with E-state index in [0.29, 0.717) is 64.2 Å². The Hall–Kier alpha value is -5.62. The van der Waals surface area contributed by atoms with Gasteiger partial charge in [0.15, 0.2) is 0 Å². The van der Waals surface area contributed by atoms with Gasteiger partial charge in [0.05, 0.1) is 62.6 Å². The minimum absolute atomic E-state index is 0.0758. The first-order chi connectivity index (χ1) is 67.4. The number of unbranched alkanes of at least 4 members (excludes halogenated alkanes) is 35. The van der Waals surface area contributed by atoms with Crippen LogP contribution >= 0.6 is 0 Å². The molecule has 0 bridgehead atoms. The van der Waals surface area contributed by atoms with Crippen LogP contribution in [0.1, 0.15) is 467 Å². The lowest BCUT2D eigenvalue weighted by atomic mass is 9.94. The van der Waals surface area contributed by atoms with Crippen molar-refractivity contribution in [3.8, 4) is 0 Å². The lowest BCUT2D eigenvalue weighted by Crippen LogP contribution is -2.49. The molecular weight excluding hydrogens is 1770 g/mol. The molecule has 0 heterocycles. The van der Waals surface area contributed by atoms with Crippen molar-refractivity contribution in [2.75, 3.05) is 125 Å². The van der Waals surface area contributed by atoms with Crippen LogP contribution in [0.4, 0.5) is 0 Å². The summed E-state index contributed by atoms with van der Waals surface area (Å²) < 4.78 is 29.0. The number of carbonyl (C=O) groups is 10. The molecule has 5 atom stereocenters. The molecule has 10 N–H and O–H groups in total. The van der Waals surface area contributed by atoms with E-state index in [0.717, 1.165) is 321 Å². The number of rotatable bonds is 103. The highest BCUT2D eigenvalue weighted by atomic mass is 16.5. The Kier molecular flexibility index (Phi) is 92.0. The number of amides is 5. The van der Waals surface area contributed by atoms with Crippen LogP contribution in [0.2, 0.25) is 0 Å². The highest BCUT2D eigenvalue weighted by Gasteiger charge is 2.31. The third-order valence-electron chi connectivity index (χ3n) is 26.9. The second kappa shape index (κ2) is 95.9. The summed E-state index contributed by atoms with van der Waals surface area (Å²) in [5.41, 5.74) is 0. The summed E-state index contributed by atoms with van der Waals surface area (Å²) in [5.74, 6) is -5.17. The maximum absolute atomic E-state index is 14.0. The fourth-order valence-corrected chi connectivity index (χ4v) is 17.8. The van der Waals surface area contributed by atoms with E-state index in [1.165, 1.54) is 0 Å². The second-order valence-corrected chi connectivity index (χ2v) is 39.9. The van der Waals surface area contributed by atoms with Crippen molar-refractivity contribution in [1.29, 1.82) is 0 Å². The van der Waals surface area contributed by atoms with E-state index in [-0.39, 0.29) is 197 Å². The van der Waals surface area contributed by atoms with Gasteiger partial charge in [-0.2, -0.15) is 0 Å². The number of nitrogens with one attached hydrogen (secondary N) is 5. The molecule has 0 radical (unpaired) electrons. The number of ether oxygens (including phenoxy) is 5. The van der Waals surface area contributed by atoms with Gasteiger partial charge in [-0.05, 0) is 167 Å².